The minimum absolute atomic E-state index is 0.0457. The molecule has 0 bridgehead atoms. The van der Waals surface area contributed by atoms with Crippen LogP contribution >= 0.6 is 0 Å². The summed E-state index contributed by atoms with van der Waals surface area (Å²) < 4.78 is 18.8. The second-order valence-electron chi connectivity index (χ2n) is 4.11. The summed E-state index contributed by atoms with van der Waals surface area (Å²) in [5.74, 6) is -0.348. The fourth-order valence-corrected chi connectivity index (χ4v) is 1.67. The van der Waals surface area contributed by atoms with E-state index >= 15 is 0 Å². The maximum Gasteiger partial charge on any atom is 0.250 e. The van der Waals surface area contributed by atoms with Crippen LogP contribution in [0.2, 0.25) is 0 Å². The second-order valence-corrected chi connectivity index (χ2v) is 4.11. The summed E-state index contributed by atoms with van der Waals surface area (Å²) in [5.41, 5.74) is 1.46. The van der Waals surface area contributed by atoms with Gasteiger partial charge in [-0.15, -0.1) is 0 Å². The van der Waals surface area contributed by atoms with E-state index in [1.807, 2.05) is 13.0 Å². The van der Waals surface area contributed by atoms with E-state index in [9.17, 15) is 4.39 Å². The molecule has 1 aromatic rings. The Morgan fingerprint density at radius 2 is 2.28 bits per heavy atom. The molecule has 0 fully saturated rings. The highest BCUT2D eigenvalue weighted by molar-refractivity contribution is 5.64. The number of halogens is 1. The van der Waals surface area contributed by atoms with Gasteiger partial charge in [0.25, 0.3) is 5.88 Å². The van der Waals surface area contributed by atoms with Gasteiger partial charge in [-0.05, 0) is 44.5 Å². The molecule has 0 unspecified atom stereocenters. The van der Waals surface area contributed by atoms with Crippen LogP contribution in [0.25, 0.3) is 5.57 Å². The predicted octanol–water partition coefficient (Wildman–Crippen LogP) is 3.02. The highest BCUT2D eigenvalue weighted by Gasteiger charge is 2.10. The molecule has 1 heterocycles. The van der Waals surface area contributed by atoms with Gasteiger partial charge in [-0.25, -0.2) is 9.37 Å². The number of rotatable bonds is 7. The molecular weight excluding hydrogens is 231 g/mol. The lowest BCUT2D eigenvalue weighted by molar-refractivity contribution is 0.368. The fraction of sp³-hybridized carbons (Fsp3) is 0.500. The largest absolute Gasteiger partial charge is 0.479 e. The fourth-order valence-electron chi connectivity index (χ4n) is 1.67. The number of ether oxygens (including phenoxy) is 1. The van der Waals surface area contributed by atoms with E-state index in [1.165, 1.54) is 7.11 Å². The molecule has 0 spiro atoms. The van der Waals surface area contributed by atoms with Crippen LogP contribution in [0.5, 0.6) is 5.88 Å². The molecule has 4 heteroatoms. The van der Waals surface area contributed by atoms with E-state index in [-0.39, 0.29) is 5.88 Å². The second kappa shape index (κ2) is 7.82. The molecule has 100 valence electrons. The third-order valence-electron chi connectivity index (χ3n) is 2.67. The molecule has 0 aliphatic carbocycles. The van der Waals surface area contributed by atoms with Gasteiger partial charge in [0, 0.05) is 11.8 Å². The van der Waals surface area contributed by atoms with Crippen molar-refractivity contribution in [3.63, 3.8) is 0 Å². The number of pyridine rings is 1. The van der Waals surface area contributed by atoms with Crippen LogP contribution in [-0.2, 0) is 0 Å². The first-order chi connectivity index (χ1) is 8.70. The van der Waals surface area contributed by atoms with Gasteiger partial charge in [-0.1, -0.05) is 13.0 Å². The molecule has 0 saturated carbocycles. The molecule has 0 radical (unpaired) electrons. The van der Waals surface area contributed by atoms with Crippen molar-refractivity contribution in [2.45, 2.75) is 26.7 Å². The zero-order valence-corrected chi connectivity index (χ0v) is 11.3. The average molecular weight is 252 g/mol. The number of methoxy groups -OCH3 is 1. The van der Waals surface area contributed by atoms with Crippen molar-refractivity contribution in [2.24, 2.45) is 0 Å². The Hall–Kier alpha value is -1.42. The van der Waals surface area contributed by atoms with Crippen LogP contribution in [-0.4, -0.2) is 25.2 Å². The molecule has 0 aliphatic rings. The lowest BCUT2D eigenvalue weighted by Gasteiger charge is -2.07. The predicted molar refractivity (Wildman–Crippen MR) is 72.2 cm³/mol. The summed E-state index contributed by atoms with van der Waals surface area (Å²) in [7, 11) is 1.42. The van der Waals surface area contributed by atoms with Gasteiger partial charge < -0.3 is 10.1 Å². The quantitative estimate of drug-likeness (QED) is 0.757. The van der Waals surface area contributed by atoms with Crippen LogP contribution in [0.3, 0.4) is 0 Å². The zero-order chi connectivity index (χ0) is 13.4. The van der Waals surface area contributed by atoms with Crippen LogP contribution in [0.15, 0.2) is 18.3 Å². The molecule has 0 aromatic carbocycles. The number of nitrogens with zero attached hydrogens (tertiary/aromatic N) is 1. The van der Waals surface area contributed by atoms with Gasteiger partial charge in [-0.2, -0.15) is 0 Å². The Kier molecular flexibility index (Phi) is 6.36. The van der Waals surface area contributed by atoms with Crippen molar-refractivity contribution >= 4 is 5.57 Å². The van der Waals surface area contributed by atoms with Gasteiger partial charge in [0.1, 0.15) is 0 Å². The highest BCUT2D eigenvalue weighted by atomic mass is 19.1. The number of aromatic nitrogens is 1. The average Bonchev–Trinajstić information content (AvgIpc) is 2.38. The smallest absolute Gasteiger partial charge is 0.250 e. The minimum Gasteiger partial charge on any atom is -0.479 e. The Labute approximate surface area is 108 Å². The van der Waals surface area contributed by atoms with Crippen molar-refractivity contribution in [3.05, 3.63) is 29.7 Å². The van der Waals surface area contributed by atoms with E-state index in [2.05, 4.69) is 17.2 Å². The van der Waals surface area contributed by atoms with Crippen LogP contribution in [0.4, 0.5) is 4.39 Å². The van der Waals surface area contributed by atoms with Crippen molar-refractivity contribution in [1.82, 2.24) is 10.3 Å². The topological polar surface area (TPSA) is 34.2 Å². The number of nitrogens with one attached hydrogen (secondary N) is 1. The maximum atomic E-state index is 13.9. The molecule has 0 atom stereocenters. The molecule has 1 aromatic heterocycles. The van der Waals surface area contributed by atoms with Crippen LogP contribution < -0.4 is 10.1 Å². The zero-order valence-electron chi connectivity index (χ0n) is 11.3. The monoisotopic (exact) mass is 252 g/mol. The van der Waals surface area contributed by atoms with Gasteiger partial charge in [0.2, 0.25) is 0 Å². The first-order valence-electron chi connectivity index (χ1n) is 6.27. The van der Waals surface area contributed by atoms with Gasteiger partial charge in [0.05, 0.1) is 7.11 Å². The normalized spacial score (nSPS) is 11.7. The summed E-state index contributed by atoms with van der Waals surface area (Å²) in [6.45, 7) is 5.96. The molecule has 0 amide bonds. The molecule has 0 aliphatic heterocycles. The third kappa shape index (κ3) is 4.11. The highest BCUT2D eigenvalue weighted by Crippen LogP contribution is 2.23. The van der Waals surface area contributed by atoms with E-state index in [4.69, 9.17) is 4.74 Å². The van der Waals surface area contributed by atoms with Gasteiger partial charge in [0.15, 0.2) is 5.82 Å². The summed E-state index contributed by atoms with van der Waals surface area (Å²) in [5, 5.41) is 3.30. The van der Waals surface area contributed by atoms with E-state index in [0.29, 0.717) is 5.56 Å². The van der Waals surface area contributed by atoms with Gasteiger partial charge in [-0.3, -0.25) is 0 Å². The first kappa shape index (κ1) is 14.6. The van der Waals surface area contributed by atoms with Gasteiger partial charge >= 0.3 is 0 Å². The number of hydrogen-bond donors (Lipinski definition) is 1. The minimum atomic E-state index is -0.393. The maximum absolute atomic E-state index is 13.9. The Bertz CT molecular complexity index is 405. The van der Waals surface area contributed by atoms with E-state index < -0.39 is 5.82 Å². The lowest BCUT2D eigenvalue weighted by Crippen LogP contribution is -2.15. The molecule has 1 rings (SSSR count). The number of allylic oxidation sites excluding steroid dienone is 1. The van der Waals surface area contributed by atoms with Crippen molar-refractivity contribution in [2.75, 3.05) is 20.2 Å². The molecule has 18 heavy (non-hydrogen) atoms. The van der Waals surface area contributed by atoms with Crippen LogP contribution in [0, 0.1) is 5.82 Å². The summed E-state index contributed by atoms with van der Waals surface area (Å²) in [6.07, 6.45) is 5.60. The number of hydrogen-bond acceptors (Lipinski definition) is 3. The summed E-state index contributed by atoms with van der Waals surface area (Å²) in [4.78, 5) is 3.82. The standard InChI is InChI=1S/C14H21FN2O/c1-4-8-16-9-5-6-11(2)12-7-10-17-14(18-3)13(12)15/h6-7,10,16H,4-5,8-9H2,1-3H3/b11-6-. The van der Waals surface area contributed by atoms with Crippen molar-refractivity contribution in [3.8, 4) is 5.88 Å². The Morgan fingerprint density at radius 1 is 1.50 bits per heavy atom. The van der Waals surface area contributed by atoms with Crippen LogP contribution in [0.1, 0.15) is 32.3 Å². The Morgan fingerprint density at radius 3 is 2.94 bits per heavy atom. The Balaban J connectivity index is 2.65. The SMILES string of the molecule is CCCNCC/C=C(/C)c1ccnc(OC)c1F. The molecule has 0 saturated heterocycles. The summed E-state index contributed by atoms with van der Waals surface area (Å²) >= 11 is 0. The first-order valence-corrected chi connectivity index (χ1v) is 6.27. The third-order valence-corrected chi connectivity index (χ3v) is 2.67. The molecule has 1 N–H and O–H groups in total. The molecular formula is C14H21FN2O. The molecule has 3 nitrogen and oxygen atoms in total. The van der Waals surface area contributed by atoms with E-state index in [1.54, 1.807) is 12.3 Å². The lowest BCUT2D eigenvalue weighted by atomic mass is 10.1. The van der Waals surface area contributed by atoms with E-state index in [0.717, 1.165) is 31.5 Å². The summed E-state index contributed by atoms with van der Waals surface area (Å²) in [6, 6.07) is 1.67. The van der Waals surface area contributed by atoms with Crippen molar-refractivity contribution < 1.29 is 9.13 Å². The van der Waals surface area contributed by atoms with Crippen molar-refractivity contribution in [1.29, 1.82) is 0 Å².